The van der Waals surface area contributed by atoms with Gasteiger partial charge in [-0.3, -0.25) is 0 Å². The first kappa shape index (κ1) is 22.2. The molecule has 0 unspecified atom stereocenters. The molecule has 0 aromatic carbocycles. The topological polar surface area (TPSA) is 178 Å². The van der Waals surface area contributed by atoms with Crippen LogP contribution in [-0.4, -0.2) is 46.6 Å². The molecule has 0 saturated carbocycles. The Labute approximate surface area is 109 Å². The van der Waals surface area contributed by atoms with Crippen molar-refractivity contribution in [1.82, 2.24) is 0 Å². The summed E-state index contributed by atoms with van der Waals surface area (Å²) in [6.07, 6.45) is -2.72. The molecule has 0 fully saturated rings. The third-order valence-electron chi connectivity index (χ3n) is 1.25. The van der Waals surface area contributed by atoms with Crippen molar-refractivity contribution in [3.8, 4) is 0 Å². The van der Waals surface area contributed by atoms with E-state index in [0.29, 0.717) is 0 Å². The number of aliphatic hydroxyl groups is 2. The number of Topliss-reactive ketones (excluding diaryl/α,β-unsaturated/α-hetero) is 1. The Balaban J connectivity index is -0.000000361. The number of hydrogen-bond acceptors (Lipinski definition) is 9. The highest BCUT2D eigenvalue weighted by atomic mass is 16.4. The van der Waals surface area contributed by atoms with E-state index in [2.05, 4.69) is 0 Å². The molecule has 0 saturated heterocycles. The molecule has 0 radical (unpaired) electrons. The molecule has 2 N–H and O–H groups in total. The molecule has 9 heteroatoms. The predicted molar refractivity (Wildman–Crippen MR) is 53.7 cm³/mol. The lowest BCUT2D eigenvalue weighted by Gasteiger charge is -2.29. The van der Waals surface area contributed by atoms with Crippen LogP contribution in [0.2, 0.25) is 0 Å². The maximum Gasteiger partial charge on any atom is 0.126 e. The van der Waals surface area contributed by atoms with Gasteiger partial charge in [-0.15, -0.1) is 0 Å². The normalized spacial score (nSPS) is 9.11. The summed E-state index contributed by atoms with van der Waals surface area (Å²) in [5.41, 5.74) is -2.97. The largest absolute Gasteiger partial charge is 0.550 e. The van der Waals surface area contributed by atoms with Crippen molar-refractivity contribution in [3.05, 3.63) is 0 Å². The molecule has 112 valence electrons. The zero-order valence-corrected chi connectivity index (χ0v) is 10.7. The minimum atomic E-state index is -2.97. The SMILES string of the molecule is CC(C)=O.CO.O=C([O-])CC(O)(CC(=O)[O-])C(=O)[O-]. The molecule has 0 amide bonds. The Morgan fingerprint density at radius 1 is 0.895 bits per heavy atom. The van der Waals surface area contributed by atoms with E-state index < -0.39 is 36.4 Å². The van der Waals surface area contributed by atoms with Crippen molar-refractivity contribution >= 4 is 23.7 Å². The van der Waals surface area contributed by atoms with Crippen LogP contribution in [0, 0.1) is 0 Å². The van der Waals surface area contributed by atoms with Gasteiger partial charge in [-0.05, 0) is 13.8 Å². The van der Waals surface area contributed by atoms with E-state index in [1.54, 1.807) is 0 Å². The average Bonchev–Trinajstić information content (AvgIpc) is 2.16. The van der Waals surface area contributed by atoms with Crippen LogP contribution in [0.1, 0.15) is 26.7 Å². The maximum atomic E-state index is 10.1. The quantitative estimate of drug-likeness (QED) is 0.498. The second-order valence-electron chi connectivity index (χ2n) is 3.32. The van der Waals surface area contributed by atoms with Crippen LogP contribution < -0.4 is 15.3 Å². The number of carbonyl (C=O) groups is 4. The molecule has 0 rings (SSSR count). The molecule has 0 spiro atoms. The molecule has 0 heterocycles. The summed E-state index contributed by atoms with van der Waals surface area (Å²) < 4.78 is 0. The van der Waals surface area contributed by atoms with Crippen LogP contribution >= 0.6 is 0 Å². The molecule has 0 bridgehead atoms. The van der Waals surface area contributed by atoms with E-state index in [1.165, 1.54) is 13.8 Å². The Kier molecular flexibility index (Phi) is 13.0. The first-order valence-electron chi connectivity index (χ1n) is 4.76. The lowest BCUT2D eigenvalue weighted by atomic mass is 9.96. The number of rotatable bonds is 5. The van der Waals surface area contributed by atoms with Crippen LogP contribution in [0.25, 0.3) is 0 Å². The Morgan fingerprint density at radius 3 is 1.21 bits per heavy atom. The number of ketones is 1. The monoisotopic (exact) mass is 279 g/mol. The number of aliphatic hydroxyl groups excluding tert-OH is 1. The van der Waals surface area contributed by atoms with E-state index in [0.717, 1.165) is 7.11 Å². The van der Waals surface area contributed by atoms with Gasteiger partial charge in [-0.25, -0.2) is 0 Å². The molecule has 0 atom stereocenters. The third-order valence-corrected chi connectivity index (χ3v) is 1.25. The van der Waals surface area contributed by atoms with Crippen molar-refractivity contribution < 1.29 is 44.7 Å². The number of carbonyl (C=O) groups excluding carboxylic acids is 4. The number of carboxylic acid groups (broad SMARTS) is 3. The number of hydrogen-bond donors (Lipinski definition) is 2. The van der Waals surface area contributed by atoms with Gasteiger partial charge in [0, 0.05) is 31.9 Å². The van der Waals surface area contributed by atoms with Gasteiger partial charge < -0.3 is 44.7 Å². The van der Waals surface area contributed by atoms with Gasteiger partial charge >= 0.3 is 0 Å². The first-order chi connectivity index (χ1) is 8.51. The van der Waals surface area contributed by atoms with E-state index >= 15 is 0 Å². The summed E-state index contributed by atoms with van der Waals surface area (Å²) in [7, 11) is 1.00. The number of carboxylic acids is 3. The minimum Gasteiger partial charge on any atom is -0.550 e. The summed E-state index contributed by atoms with van der Waals surface area (Å²) in [4.78, 5) is 39.4. The van der Waals surface area contributed by atoms with E-state index in [4.69, 9.17) is 10.2 Å². The summed E-state index contributed by atoms with van der Waals surface area (Å²) in [6.45, 7) is 3.06. The van der Waals surface area contributed by atoms with E-state index in [9.17, 15) is 34.5 Å². The fourth-order valence-electron chi connectivity index (χ4n) is 0.684. The van der Waals surface area contributed by atoms with Crippen molar-refractivity contribution in [1.29, 1.82) is 0 Å². The van der Waals surface area contributed by atoms with Crippen LogP contribution in [-0.2, 0) is 19.2 Å². The van der Waals surface area contributed by atoms with Crippen LogP contribution in [0.5, 0.6) is 0 Å². The summed E-state index contributed by atoms with van der Waals surface area (Å²) in [6, 6.07) is 0. The molecule has 0 aromatic heterocycles. The molecule has 0 aliphatic rings. The van der Waals surface area contributed by atoms with Gasteiger partial charge in [-0.1, -0.05) is 0 Å². The Morgan fingerprint density at radius 2 is 1.11 bits per heavy atom. The van der Waals surface area contributed by atoms with Crippen molar-refractivity contribution in [2.45, 2.75) is 32.3 Å². The maximum absolute atomic E-state index is 10.1. The smallest absolute Gasteiger partial charge is 0.126 e. The first-order valence-corrected chi connectivity index (χ1v) is 4.76. The minimum absolute atomic E-state index is 0.167. The molecule has 9 nitrogen and oxygen atoms in total. The summed E-state index contributed by atoms with van der Waals surface area (Å²) >= 11 is 0. The fraction of sp³-hybridized carbons (Fsp3) is 0.600. The molecule has 0 aliphatic carbocycles. The highest BCUT2D eigenvalue weighted by Gasteiger charge is 2.29. The third kappa shape index (κ3) is 16.0. The number of aliphatic carboxylic acids is 3. The van der Waals surface area contributed by atoms with Gasteiger partial charge in [0.25, 0.3) is 0 Å². The average molecular weight is 279 g/mol. The van der Waals surface area contributed by atoms with Crippen LogP contribution in [0.4, 0.5) is 0 Å². The highest BCUT2D eigenvalue weighted by Crippen LogP contribution is 2.13. The summed E-state index contributed by atoms with van der Waals surface area (Å²) in [5, 5.41) is 45.9. The van der Waals surface area contributed by atoms with Gasteiger partial charge in [0.1, 0.15) is 11.4 Å². The fourth-order valence-corrected chi connectivity index (χ4v) is 0.684. The second kappa shape index (κ2) is 11.1. The molecule has 19 heavy (non-hydrogen) atoms. The summed E-state index contributed by atoms with van der Waals surface area (Å²) in [5.74, 6) is -5.82. The van der Waals surface area contributed by atoms with Crippen molar-refractivity contribution in [2.24, 2.45) is 0 Å². The molecular formula is C10H15O9-3. The molecular weight excluding hydrogens is 264 g/mol. The van der Waals surface area contributed by atoms with E-state index in [1.807, 2.05) is 0 Å². The Bertz CT molecular complexity index is 301. The van der Waals surface area contributed by atoms with Gasteiger partial charge in [0.15, 0.2) is 0 Å². The Hall–Kier alpha value is -2.00. The van der Waals surface area contributed by atoms with Crippen molar-refractivity contribution in [2.75, 3.05) is 7.11 Å². The molecule has 0 aliphatic heterocycles. The van der Waals surface area contributed by atoms with Gasteiger partial charge in [0.2, 0.25) is 0 Å². The van der Waals surface area contributed by atoms with Gasteiger partial charge in [-0.2, -0.15) is 0 Å². The predicted octanol–water partition coefficient (Wildman–Crippen LogP) is -5.05. The van der Waals surface area contributed by atoms with Crippen LogP contribution in [0.15, 0.2) is 0 Å². The zero-order valence-electron chi connectivity index (χ0n) is 10.7. The highest BCUT2D eigenvalue weighted by molar-refractivity contribution is 5.86. The van der Waals surface area contributed by atoms with E-state index in [-0.39, 0.29) is 5.78 Å². The lowest BCUT2D eigenvalue weighted by Crippen LogP contribution is -2.54. The van der Waals surface area contributed by atoms with Gasteiger partial charge in [0.05, 0.1) is 5.97 Å². The zero-order chi connectivity index (χ0) is 16.2. The standard InChI is InChI=1S/C6H8O7.C3H6O.CH4O/c7-3(8)1-6(13,5(11)12)2-4(9)10;1-3(2)4;1-2/h13H,1-2H2,(H,7,8)(H,9,10)(H,11,12);1-2H3;2H,1H3/p-3. The second-order valence-corrected chi connectivity index (χ2v) is 3.32. The lowest BCUT2D eigenvalue weighted by molar-refractivity contribution is -0.339. The van der Waals surface area contributed by atoms with Crippen molar-refractivity contribution in [3.63, 3.8) is 0 Å². The van der Waals surface area contributed by atoms with Crippen LogP contribution in [0.3, 0.4) is 0 Å². The molecule has 0 aromatic rings.